The molecule has 244 valence electrons. The summed E-state index contributed by atoms with van der Waals surface area (Å²) in [7, 11) is 0. The van der Waals surface area contributed by atoms with Crippen molar-refractivity contribution in [1.29, 1.82) is 0 Å². The van der Waals surface area contributed by atoms with E-state index in [-0.39, 0.29) is 30.2 Å². The number of carbonyl (C=O) groups excluding carboxylic acids is 3. The van der Waals surface area contributed by atoms with Crippen LogP contribution in [0.2, 0.25) is 0 Å². The first-order chi connectivity index (χ1) is 22.6. The Morgan fingerprint density at radius 1 is 0.851 bits per heavy atom. The van der Waals surface area contributed by atoms with Crippen LogP contribution in [0.25, 0.3) is 10.8 Å². The number of thioether (sulfide) groups is 1. The van der Waals surface area contributed by atoms with Gasteiger partial charge in [-0.25, -0.2) is 0 Å². The average Bonchev–Trinajstić information content (AvgIpc) is 3.32. The van der Waals surface area contributed by atoms with Crippen LogP contribution in [-0.4, -0.2) is 75.6 Å². The van der Waals surface area contributed by atoms with E-state index in [1.165, 1.54) is 0 Å². The van der Waals surface area contributed by atoms with E-state index in [0.29, 0.717) is 19.7 Å². The normalized spacial score (nSPS) is 29.2. The molecule has 8 nitrogen and oxygen atoms in total. The summed E-state index contributed by atoms with van der Waals surface area (Å²) in [5.74, 6) is -1.52. The molecule has 0 aliphatic carbocycles. The number of ether oxygens (including phenoxy) is 1. The minimum atomic E-state index is -1.01. The van der Waals surface area contributed by atoms with Crippen LogP contribution >= 0.6 is 11.8 Å². The quantitative estimate of drug-likeness (QED) is 0.342. The van der Waals surface area contributed by atoms with Gasteiger partial charge in [-0.3, -0.25) is 14.4 Å². The fraction of sp³-hybridized carbons (Fsp3) is 0.395. The molecule has 6 atom stereocenters. The van der Waals surface area contributed by atoms with Crippen LogP contribution in [-0.2, 0) is 14.4 Å². The van der Waals surface area contributed by atoms with Gasteiger partial charge in [-0.05, 0) is 66.9 Å². The van der Waals surface area contributed by atoms with Gasteiger partial charge in [0.25, 0.3) is 5.91 Å². The molecule has 4 aliphatic rings. The fourth-order valence-electron chi connectivity index (χ4n) is 8.14. The van der Waals surface area contributed by atoms with Crippen molar-refractivity contribution in [2.24, 2.45) is 17.8 Å². The first-order valence-electron chi connectivity index (χ1n) is 16.5. The molecule has 47 heavy (non-hydrogen) atoms. The second-order valence-corrected chi connectivity index (χ2v) is 15.2. The molecule has 3 aromatic carbocycles. The van der Waals surface area contributed by atoms with E-state index in [2.05, 4.69) is 6.08 Å². The summed E-state index contributed by atoms with van der Waals surface area (Å²) in [6.07, 6.45) is 8.08. The van der Waals surface area contributed by atoms with E-state index in [4.69, 9.17) is 4.74 Å². The third-order valence-corrected chi connectivity index (χ3v) is 12.1. The van der Waals surface area contributed by atoms with Crippen molar-refractivity contribution < 1.29 is 24.2 Å². The molecular formula is C38H41N3O5S. The Hall–Kier alpha value is -4.08. The van der Waals surface area contributed by atoms with Crippen LogP contribution in [0.5, 0.6) is 5.75 Å². The molecule has 2 saturated heterocycles. The number of likely N-dealkylation sites (tertiary alicyclic amines) is 1. The molecule has 3 amide bonds. The highest BCUT2D eigenvalue weighted by Crippen LogP contribution is 2.66. The van der Waals surface area contributed by atoms with Crippen LogP contribution in [0.15, 0.2) is 91.0 Å². The molecule has 1 N–H and O–H groups in total. The van der Waals surface area contributed by atoms with Gasteiger partial charge in [0.05, 0.1) is 35.8 Å². The third kappa shape index (κ3) is 4.89. The molecule has 3 aromatic rings. The molecule has 0 bridgehead atoms. The second-order valence-electron chi connectivity index (χ2n) is 13.4. The zero-order chi connectivity index (χ0) is 33.1. The van der Waals surface area contributed by atoms with Gasteiger partial charge in [0.2, 0.25) is 11.8 Å². The number of amides is 3. The van der Waals surface area contributed by atoms with E-state index in [1.54, 1.807) is 26.5 Å². The number of carbonyl (C=O) groups is 3. The van der Waals surface area contributed by atoms with Crippen molar-refractivity contribution >= 4 is 51.6 Å². The van der Waals surface area contributed by atoms with Crippen molar-refractivity contribution in [3.63, 3.8) is 0 Å². The molecule has 7 rings (SSSR count). The van der Waals surface area contributed by atoms with Crippen LogP contribution in [0.3, 0.4) is 0 Å². The topological polar surface area (TPSA) is 90.4 Å². The van der Waals surface area contributed by atoms with Crippen LogP contribution in [0, 0.1) is 17.8 Å². The number of hydrogen-bond acceptors (Lipinski definition) is 6. The van der Waals surface area contributed by atoms with Crippen molar-refractivity contribution in [3.8, 4) is 5.75 Å². The van der Waals surface area contributed by atoms with Crippen molar-refractivity contribution in [2.75, 3.05) is 36.1 Å². The Morgan fingerprint density at radius 3 is 2.19 bits per heavy atom. The molecule has 0 saturated carbocycles. The predicted molar refractivity (Wildman–Crippen MR) is 187 cm³/mol. The molecule has 4 heterocycles. The van der Waals surface area contributed by atoms with Gasteiger partial charge in [0, 0.05) is 29.2 Å². The van der Waals surface area contributed by atoms with E-state index >= 15 is 4.79 Å². The summed E-state index contributed by atoms with van der Waals surface area (Å²) in [5, 5.41) is 12.8. The van der Waals surface area contributed by atoms with Gasteiger partial charge >= 0.3 is 0 Å². The smallest absolute Gasteiger partial charge is 0.251 e. The van der Waals surface area contributed by atoms with Crippen LogP contribution in [0.1, 0.15) is 27.7 Å². The number of fused-ring (bicyclic) bond motifs is 3. The van der Waals surface area contributed by atoms with E-state index < -0.39 is 33.4 Å². The average molecular weight is 652 g/mol. The maximum Gasteiger partial charge on any atom is 0.251 e. The third-order valence-electron chi connectivity index (χ3n) is 10.3. The highest BCUT2D eigenvalue weighted by atomic mass is 32.2. The Morgan fingerprint density at radius 2 is 1.51 bits per heavy atom. The summed E-state index contributed by atoms with van der Waals surface area (Å²) in [6.45, 7) is 8.83. The maximum absolute atomic E-state index is 15.0. The standard InChI is InChI=1S/C38H41N3O5S/c1-5-46-29-16-14-27(15-17-29)39-20-8-18-37(4)31(34(39)43)32-35(44)41(30(23-42)24(2)3)33-36(45)40(21-9-19-38(32,33)47-37)28-13-12-25-10-6-7-11-26(25)22-28/h6-19,22,24,30-33,42H,5,20-21,23H2,1-4H3/t30-,31+,32-,33?,37-,38-/m0/s1. The molecule has 0 aromatic heterocycles. The first kappa shape index (κ1) is 31.5. The lowest BCUT2D eigenvalue weighted by Gasteiger charge is -2.41. The van der Waals surface area contributed by atoms with Gasteiger partial charge in [-0.2, -0.15) is 0 Å². The number of aliphatic hydroxyl groups is 1. The van der Waals surface area contributed by atoms with Crippen molar-refractivity contribution in [2.45, 2.75) is 49.3 Å². The van der Waals surface area contributed by atoms with Gasteiger partial charge in [0.15, 0.2) is 0 Å². The molecule has 9 heteroatoms. The number of aliphatic hydroxyl groups excluding tert-OH is 1. The van der Waals surface area contributed by atoms with Gasteiger partial charge in [-0.1, -0.05) is 68.5 Å². The SMILES string of the molecule is CCOc1ccc(N2CC=C[C@]3(C)S[C@]45C=CCN(c6ccc7ccccc7c6)C(=O)C4N([C@@H](CO)C(C)C)C(=O)[C@@H]5[C@@H]3C2=O)cc1. The minimum Gasteiger partial charge on any atom is -0.494 e. The zero-order valence-electron chi connectivity index (χ0n) is 27.2. The summed E-state index contributed by atoms with van der Waals surface area (Å²) in [6, 6.07) is 20.0. The van der Waals surface area contributed by atoms with E-state index in [0.717, 1.165) is 27.9 Å². The number of rotatable bonds is 7. The summed E-state index contributed by atoms with van der Waals surface area (Å²) in [4.78, 5) is 49.8. The van der Waals surface area contributed by atoms with Crippen LogP contribution in [0.4, 0.5) is 11.4 Å². The van der Waals surface area contributed by atoms with Gasteiger partial charge in [-0.15, -0.1) is 11.8 Å². The summed E-state index contributed by atoms with van der Waals surface area (Å²) >= 11 is 1.55. The van der Waals surface area contributed by atoms with Crippen molar-refractivity contribution in [3.05, 3.63) is 91.0 Å². The Labute approximate surface area is 280 Å². The molecule has 2 fully saturated rings. The number of nitrogens with zero attached hydrogens (tertiary/aromatic N) is 3. The maximum atomic E-state index is 15.0. The second kappa shape index (κ2) is 11.9. The largest absolute Gasteiger partial charge is 0.494 e. The molecule has 1 spiro atoms. The number of hydrogen-bond donors (Lipinski definition) is 1. The Bertz CT molecular complexity index is 1790. The predicted octanol–water partition coefficient (Wildman–Crippen LogP) is 5.45. The zero-order valence-corrected chi connectivity index (χ0v) is 28.0. The molecule has 4 aliphatic heterocycles. The van der Waals surface area contributed by atoms with Crippen LogP contribution < -0.4 is 14.5 Å². The number of anilines is 2. The lowest BCUT2D eigenvalue weighted by molar-refractivity contribution is -0.143. The van der Waals surface area contributed by atoms with Crippen molar-refractivity contribution in [1.82, 2.24) is 4.90 Å². The highest BCUT2D eigenvalue weighted by Gasteiger charge is 2.74. The Kier molecular flexibility index (Phi) is 7.96. The minimum absolute atomic E-state index is 0.115. The monoisotopic (exact) mass is 651 g/mol. The van der Waals surface area contributed by atoms with Gasteiger partial charge in [0.1, 0.15) is 11.8 Å². The van der Waals surface area contributed by atoms with E-state index in [1.807, 2.05) is 113 Å². The molecule has 0 radical (unpaired) electrons. The summed E-state index contributed by atoms with van der Waals surface area (Å²) in [5.41, 5.74) is 1.47. The Balaban J connectivity index is 1.34. The number of benzene rings is 3. The molecule has 1 unspecified atom stereocenters. The highest BCUT2D eigenvalue weighted by molar-refractivity contribution is 8.02. The van der Waals surface area contributed by atoms with E-state index in [9.17, 15) is 14.7 Å². The lowest BCUT2D eigenvalue weighted by Crippen LogP contribution is -2.58. The fourth-order valence-corrected chi connectivity index (χ4v) is 10.3. The summed E-state index contributed by atoms with van der Waals surface area (Å²) < 4.78 is 3.88. The first-order valence-corrected chi connectivity index (χ1v) is 17.3. The molecular weight excluding hydrogens is 611 g/mol. The van der Waals surface area contributed by atoms with Gasteiger partial charge < -0.3 is 24.5 Å². The lowest BCUT2D eigenvalue weighted by atomic mass is 9.74.